The predicted octanol–water partition coefficient (Wildman–Crippen LogP) is 0.515. The standard InChI is InChI=1S/C15H23N5O/c1-2-15(3-4-17-12-15)14(21)20-9-7-19(8-10-20)13-11-16-5-6-18-13/h5-6,11,17H,2-4,7-10,12H2,1H3. The molecule has 114 valence electrons. The van der Waals surface area contributed by atoms with Gasteiger partial charge >= 0.3 is 0 Å². The molecular weight excluding hydrogens is 266 g/mol. The molecule has 0 radical (unpaired) electrons. The zero-order chi connectivity index (χ0) is 14.7. The Balaban J connectivity index is 1.62. The maximum Gasteiger partial charge on any atom is 0.230 e. The van der Waals surface area contributed by atoms with Crippen molar-refractivity contribution >= 4 is 11.7 Å². The number of carbonyl (C=O) groups is 1. The number of nitrogens with one attached hydrogen (secondary N) is 1. The van der Waals surface area contributed by atoms with E-state index in [0.717, 1.165) is 57.9 Å². The molecule has 2 fully saturated rings. The van der Waals surface area contributed by atoms with Crippen LogP contribution in [0, 0.1) is 5.41 Å². The van der Waals surface area contributed by atoms with E-state index in [2.05, 4.69) is 27.1 Å². The molecule has 1 N–H and O–H groups in total. The lowest BCUT2D eigenvalue weighted by molar-refractivity contribution is -0.141. The number of hydrogen-bond donors (Lipinski definition) is 1. The van der Waals surface area contributed by atoms with Gasteiger partial charge in [0.05, 0.1) is 11.6 Å². The molecule has 0 spiro atoms. The number of aromatic nitrogens is 2. The molecule has 2 saturated heterocycles. The molecule has 3 rings (SSSR count). The quantitative estimate of drug-likeness (QED) is 0.879. The van der Waals surface area contributed by atoms with Crippen LogP contribution in [0.1, 0.15) is 19.8 Å². The highest BCUT2D eigenvalue weighted by Crippen LogP contribution is 2.32. The summed E-state index contributed by atoms with van der Waals surface area (Å²) in [7, 11) is 0. The van der Waals surface area contributed by atoms with E-state index in [1.54, 1.807) is 18.6 Å². The van der Waals surface area contributed by atoms with Gasteiger partial charge in [-0.25, -0.2) is 4.98 Å². The fraction of sp³-hybridized carbons (Fsp3) is 0.667. The van der Waals surface area contributed by atoms with Crippen LogP contribution in [0.3, 0.4) is 0 Å². The maximum atomic E-state index is 12.8. The summed E-state index contributed by atoms with van der Waals surface area (Å²) in [5, 5.41) is 3.34. The second kappa shape index (κ2) is 5.97. The Morgan fingerprint density at radius 3 is 2.71 bits per heavy atom. The van der Waals surface area contributed by atoms with E-state index in [4.69, 9.17) is 0 Å². The molecule has 1 aromatic heterocycles. The molecule has 1 amide bonds. The van der Waals surface area contributed by atoms with Gasteiger partial charge in [-0.2, -0.15) is 0 Å². The molecule has 0 aromatic carbocycles. The molecule has 2 aliphatic rings. The Morgan fingerprint density at radius 1 is 1.33 bits per heavy atom. The average molecular weight is 289 g/mol. The number of piperazine rings is 1. The van der Waals surface area contributed by atoms with Crippen molar-refractivity contribution in [1.29, 1.82) is 0 Å². The maximum absolute atomic E-state index is 12.8. The first-order valence-corrected chi connectivity index (χ1v) is 7.76. The minimum absolute atomic E-state index is 0.172. The highest BCUT2D eigenvalue weighted by molar-refractivity contribution is 5.83. The summed E-state index contributed by atoms with van der Waals surface area (Å²) in [5.41, 5.74) is -0.172. The molecule has 1 unspecified atom stereocenters. The smallest absolute Gasteiger partial charge is 0.230 e. The van der Waals surface area contributed by atoms with Gasteiger partial charge in [0, 0.05) is 45.1 Å². The lowest BCUT2D eigenvalue weighted by Gasteiger charge is -2.39. The Morgan fingerprint density at radius 2 is 2.14 bits per heavy atom. The zero-order valence-corrected chi connectivity index (χ0v) is 12.6. The van der Waals surface area contributed by atoms with E-state index in [1.807, 2.05) is 4.90 Å². The summed E-state index contributed by atoms with van der Waals surface area (Å²) in [6, 6.07) is 0. The summed E-state index contributed by atoms with van der Waals surface area (Å²) in [6.07, 6.45) is 7.06. The fourth-order valence-corrected chi connectivity index (χ4v) is 3.31. The zero-order valence-electron chi connectivity index (χ0n) is 12.6. The van der Waals surface area contributed by atoms with Gasteiger partial charge in [-0.1, -0.05) is 6.92 Å². The predicted molar refractivity (Wildman–Crippen MR) is 81.0 cm³/mol. The van der Waals surface area contributed by atoms with Crippen LogP contribution in [-0.4, -0.2) is 60.0 Å². The van der Waals surface area contributed by atoms with Crippen LogP contribution in [0.4, 0.5) is 5.82 Å². The van der Waals surface area contributed by atoms with Gasteiger partial charge in [-0.05, 0) is 19.4 Å². The molecular formula is C15H23N5O. The van der Waals surface area contributed by atoms with Crippen LogP contribution in [0.15, 0.2) is 18.6 Å². The first kappa shape index (κ1) is 14.3. The number of amides is 1. The van der Waals surface area contributed by atoms with Crippen molar-refractivity contribution in [2.24, 2.45) is 5.41 Å². The molecule has 3 heterocycles. The Labute approximate surface area is 125 Å². The van der Waals surface area contributed by atoms with Gasteiger partial charge in [0.15, 0.2) is 0 Å². The number of anilines is 1. The van der Waals surface area contributed by atoms with Gasteiger partial charge in [0.25, 0.3) is 0 Å². The monoisotopic (exact) mass is 289 g/mol. The van der Waals surface area contributed by atoms with Crippen molar-refractivity contribution < 1.29 is 4.79 Å². The Kier molecular flexibility index (Phi) is 4.05. The van der Waals surface area contributed by atoms with Gasteiger partial charge in [-0.15, -0.1) is 0 Å². The molecule has 1 aromatic rings. The molecule has 21 heavy (non-hydrogen) atoms. The first-order chi connectivity index (χ1) is 10.2. The summed E-state index contributed by atoms with van der Waals surface area (Å²) in [4.78, 5) is 25.5. The van der Waals surface area contributed by atoms with Crippen LogP contribution >= 0.6 is 0 Å². The topological polar surface area (TPSA) is 61.4 Å². The third-order valence-corrected chi connectivity index (χ3v) is 4.81. The molecule has 0 bridgehead atoms. The molecule has 6 nitrogen and oxygen atoms in total. The third kappa shape index (κ3) is 2.72. The van der Waals surface area contributed by atoms with Crippen LogP contribution in [0.5, 0.6) is 0 Å². The van der Waals surface area contributed by atoms with Crippen molar-refractivity contribution in [2.45, 2.75) is 19.8 Å². The van der Waals surface area contributed by atoms with Gasteiger partial charge in [0.1, 0.15) is 5.82 Å². The number of hydrogen-bond acceptors (Lipinski definition) is 5. The van der Waals surface area contributed by atoms with E-state index < -0.39 is 0 Å². The average Bonchev–Trinajstić information content (AvgIpc) is 3.05. The van der Waals surface area contributed by atoms with Crippen LogP contribution in [0.25, 0.3) is 0 Å². The van der Waals surface area contributed by atoms with E-state index >= 15 is 0 Å². The molecule has 2 aliphatic heterocycles. The molecule has 1 atom stereocenters. The van der Waals surface area contributed by atoms with Crippen LogP contribution < -0.4 is 10.2 Å². The van der Waals surface area contributed by atoms with Crippen LogP contribution in [0.2, 0.25) is 0 Å². The number of carbonyl (C=O) groups excluding carboxylic acids is 1. The van der Waals surface area contributed by atoms with Gasteiger partial charge in [-0.3, -0.25) is 9.78 Å². The number of rotatable bonds is 3. The second-order valence-corrected chi connectivity index (χ2v) is 5.90. The largest absolute Gasteiger partial charge is 0.352 e. The van der Waals surface area contributed by atoms with E-state index in [9.17, 15) is 4.79 Å². The highest BCUT2D eigenvalue weighted by atomic mass is 16.2. The molecule has 6 heteroatoms. The molecule has 0 saturated carbocycles. The first-order valence-electron chi connectivity index (χ1n) is 7.76. The Hall–Kier alpha value is -1.69. The summed E-state index contributed by atoms with van der Waals surface area (Å²) < 4.78 is 0. The minimum atomic E-state index is -0.172. The lowest BCUT2D eigenvalue weighted by Crippen LogP contribution is -2.54. The van der Waals surface area contributed by atoms with Crippen molar-refractivity contribution in [3.05, 3.63) is 18.6 Å². The highest BCUT2D eigenvalue weighted by Gasteiger charge is 2.42. The van der Waals surface area contributed by atoms with Crippen molar-refractivity contribution in [1.82, 2.24) is 20.2 Å². The van der Waals surface area contributed by atoms with E-state index in [-0.39, 0.29) is 5.41 Å². The normalized spacial score (nSPS) is 26.1. The SMILES string of the molecule is CCC1(C(=O)N2CCN(c3cnccn3)CC2)CCNC1. The summed E-state index contributed by atoms with van der Waals surface area (Å²) >= 11 is 0. The van der Waals surface area contributed by atoms with Crippen molar-refractivity contribution in [2.75, 3.05) is 44.2 Å². The van der Waals surface area contributed by atoms with Crippen molar-refractivity contribution in [3.8, 4) is 0 Å². The van der Waals surface area contributed by atoms with E-state index in [0.29, 0.717) is 5.91 Å². The Bertz CT molecular complexity index is 478. The van der Waals surface area contributed by atoms with Gasteiger partial charge < -0.3 is 15.1 Å². The second-order valence-electron chi connectivity index (χ2n) is 5.90. The molecule has 0 aliphatic carbocycles. The third-order valence-electron chi connectivity index (χ3n) is 4.81. The minimum Gasteiger partial charge on any atom is -0.352 e. The van der Waals surface area contributed by atoms with Crippen LogP contribution in [-0.2, 0) is 4.79 Å². The summed E-state index contributed by atoms with van der Waals surface area (Å²) in [6.45, 7) is 7.12. The number of nitrogens with zero attached hydrogens (tertiary/aromatic N) is 4. The fourth-order valence-electron chi connectivity index (χ4n) is 3.31. The van der Waals surface area contributed by atoms with E-state index in [1.165, 1.54) is 0 Å². The van der Waals surface area contributed by atoms with Gasteiger partial charge in [0.2, 0.25) is 5.91 Å². The lowest BCUT2D eigenvalue weighted by atomic mass is 9.82. The summed E-state index contributed by atoms with van der Waals surface area (Å²) in [5.74, 6) is 1.23. The van der Waals surface area contributed by atoms with Crippen molar-refractivity contribution in [3.63, 3.8) is 0 Å².